The maximum atomic E-state index is 12.9. The summed E-state index contributed by atoms with van der Waals surface area (Å²) in [5.41, 5.74) is 2.31. The molecule has 1 amide bonds. The molecule has 6 heteroatoms. The Balaban J connectivity index is 1.61. The van der Waals surface area contributed by atoms with Crippen LogP contribution in [0.15, 0.2) is 84.9 Å². The zero-order valence-electron chi connectivity index (χ0n) is 19.0. The zero-order chi connectivity index (χ0) is 24.1. The van der Waals surface area contributed by atoms with E-state index in [1.54, 1.807) is 6.92 Å². The third kappa shape index (κ3) is 5.68. The molecule has 1 aliphatic rings. The fourth-order valence-corrected chi connectivity index (χ4v) is 4.77. The van der Waals surface area contributed by atoms with Crippen LogP contribution in [0.5, 0.6) is 0 Å². The summed E-state index contributed by atoms with van der Waals surface area (Å²) in [6.07, 6.45) is -3.84. The molecule has 0 aromatic heterocycles. The smallest absolute Gasteiger partial charge is 0.373 e. The van der Waals surface area contributed by atoms with Crippen LogP contribution in [0.2, 0.25) is 0 Å². The predicted molar refractivity (Wildman–Crippen MR) is 125 cm³/mol. The summed E-state index contributed by atoms with van der Waals surface area (Å²) >= 11 is 0. The number of carbonyl (C=O) groups excluding carboxylic acids is 1. The molecule has 0 spiro atoms. The molecule has 1 saturated heterocycles. The van der Waals surface area contributed by atoms with Crippen molar-refractivity contribution >= 4 is 5.91 Å². The van der Waals surface area contributed by atoms with Gasteiger partial charge in [-0.25, -0.2) is 0 Å². The van der Waals surface area contributed by atoms with Crippen molar-refractivity contribution < 1.29 is 22.7 Å². The zero-order valence-corrected chi connectivity index (χ0v) is 19.0. The molecular weight excluding hydrogens is 439 g/mol. The van der Waals surface area contributed by atoms with Crippen molar-refractivity contribution in [2.75, 3.05) is 13.1 Å². The first-order valence-corrected chi connectivity index (χ1v) is 11.5. The highest BCUT2D eigenvalue weighted by atomic mass is 19.4. The molecule has 1 fully saturated rings. The first-order valence-electron chi connectivity index (χ1n) is 11.5. The van der Waals surface area contributed by atoms with Crippen molar-refractivity contribution in [3.8, 4) is 0 Å². The van der Waals surface area contributed by atoms with Gasteiger partial charge in [0.2, 0.25) is 5.91 Å². The number of alkyl halides is 3. The van der Waals surface area contributed by atoms with E-state index in [2.05, 4.69) is 24.3 Å². The summed E-state index contributed by atoms with van der Waals surface area (Å²) in [7, 11) is 0. The summed E-state index contributed by atoms with van der Waals surface area (Å²) < 4.78 is 45.0. The first kappa shape index (κ1) is 24.0. The Kier molecular flexibility index (Phi) is 7.37. The van der Waals surface area contributed by atoms with Crippen LogP contribution in [-0.2, 0) is 22.3 Å². The number of hydrogen-bond donors (Lipinski definition) is 0. The van der Waals surface area contributed by atoms with Crippen LogP contribution in [0.1, 0.15) is 41.5 Å². The van der Waals surface area contributed by atoms with Gasteiger partial charge in [0, 0.05) is 31.8 Å². The van der Waals surface area contributed by atoms with Crippen LogP contribution < -0.4 is 0 Å². The number of nitrogens with zero attached hydrogens (tertiary/aromatic N) is 1. The van der Waals surface area contributed by atoms with Gasteiger partial charge < -0.3 is 9.64 Å². The highest BCUT2D eigenvalue weighted by molar-refractivity contribution is 5.73. The van der Waals surface area contributed by atoms with E-state index in [4.69, 9.17) is 4.74 Å². The fourth-order valence-electron chi connectivity index (χ4n) is 4.77. The number of ether oxygens (including phenoxy) is 1. The van der Waals surface area contributed by atoms with E-state index in [0.717, 1.165) is 23.3 Å². The molecule has 3 aromatic carbocycles. The SMILES string of the molecule is CC(=O)N1CCC(OCc2ccc(C(F)(F)F)cc2)C(C(c2ccccc2)c2ccccc2)C1. The number of hydrogen-bond acceptors (Lipinski definition) is 2. The second-order valence-electron chi connectivity index (χ2n) is 8.76. The molecule has 3 nitrogen and oxygen atoms in total. The van der Waals surface area contributed by atoms with Gasteiger partial charge in [-0.2, -0.15) is 13.2 Å². The van der Waals surface area contributed by atoms with E-state index in [1.807, 2.05) is 41.3 Å². The summed E-state index contributed by atoms with van der Waals surface area (Å²) in [4.78, 5) is 14.1. The molecule has 0 N–H and O–H groups in total. The maximum absolute atomic E-state index is 12.9. The van der Waals surface area contributed by atoms with Gasteiger partial charge >= 0.3 is 6.18 Å². The van der Waals surface area contributed by atoms with Gasteiger partial charge in [0.1, 0.15) is 0 Å². The van der Waals surface area contributed by atoms with Crippen molar-refractivity contribution in [1.82, 2.24) is 4.90 Å². The van der Waals surface area contributed by atoms with Crippen molar-refractivity contribution in [2.24, 2.45) is 5.92 Å². The minimum absolute atomic E-state index is 0.00287. The van der Waals surface area contributed by atoms with Crippen molar-refractivity contribution in [3.05, 3.63) is 107 Å². The quantitative estimate of drug-likeness (QED) is 0.426. The van der Waals surface area contributed by atoms with E-state index < -0.39 is 11.7 Å². The average Bonchev–Trinajstić information content (AvgIpc) is 2.84. The Morgan fingerprint density at radius 2 is 1.50 bits per heavy atom. The molecule has 4 rings (SSSR count). The van der Waals surface area contributed by atoms with E-state index in [1.165, 1.54) is 12.1 Å². The minimum Gasteiger partial charge on any atom is -0.373 e. The van der Waals surface area contributed by atoms with Gasteiger partial charge in [-0.3, -0.25) is 4.79 Å². The van der Waals surface area contributed by atoms with Gasteiger partial charge in [0.05, 0.1) is 18.3 Å². The van der Waals surface area contributed by atoms with Gasteiger partial charge in [-0.05, 0) is 35.2 Å². The predicted octanol–water partition coefficient (Wildman–Crippen LogP) is 6.29. The van der Waals surface area contributed by atoms with Crippen LogP contribution in [0.3, 0.4) is 0 Å². The number of amides is 1. The summed E-state index contributed by atoms with van der Waals surface area (Å²) in [5, 5.41) is 0. The van der Waals surface area contributed by atoms with Crippen molar-refractivity contribution in [2.45, 2.75) is 38.1 Å². The van der Waals surface area contributed by atoms with Gasteiger partial charge in [0.15, 0.2) is 0 Å². The van der Waals surface area contributed by atoms with Gasteiger partial charge in [-0.15, -0.1) is 0 Å². The van der Waals surface area contributed by atoms with E-state index >= 15 is 0 Å². The lowest BCUT2D eigenvalue weighted by molar-refractivity contribution is -0.138. The van der Waals surface area contributed by atoms with E-state index in [9.17, 15) is 18.0 Å². The van der Waals surface area contributed by atoms with Crippen LogP contribution in [0, 0.1) is 5.92 Å². The lowest BCUT2D eigenvalue weighted by atomic mass is 9.75. The Morgan fingerprint density at radius 3 is 2.00 bits per heavy atom. The number of benzene rings is 3. The van der Waals surface area contributed by atoms with Crippen molar-refractivity contribution in [3.63, 3.8) is 0 Å². The Labute approximate surface area is 198 Å². The number of likely N-dealkylation sites (tertiary alicyclic amines) is 1. The number of rotatable bonds is 6. The molecular formula is C28H28F3NO2. The second-order valence-corrected chi connectivity index (χ2v) is 8.76. The summed E-state index contributed by atoms with van der Waals surface area (Å²) in [6, 6.07) is 25.5. The highest BCUT2D eigenvalue weighted by Crippen LogP contribution is 2.39. The first-order chi connectivity index (χ1) is 16.3. The monoisotopic (exact) mass is 467 g/mol. The third-order valence-corrected chi connectivity index (χ3v) is 6.53. The molecule has 1 aliphatic heterocycles. The third-order valence-electron chi connectivity index (χ3n) is 6.53. The standard InChI is InChI=1S/C28H28F3NO2/c1-20(33)32-17-16-26(34-19-21-12-14-24(15-13-21)28(29,30)31)25(18-32)27(22-8-4-2-5-9-22)23-10-6-3-7-11-23/h2-15,25-27H,16-19H2,1H3. The summed E-state index contributed by atoms with van der Waals surface area (Å²) in [6.45, 7) is 2.96. The fraction of sp³-hybridized carbons (Fsp3) is 0.321. The van der Waals surface area contributed by atoms with Crippen LogP contribution in [0.25, 0.3) is 0 Å². The molecule has 2 unspecified atom stereocenters. The lowest BCUT2D eigenvalue weighted by Gasteiger charge is -2.42. The minimum atomic E-state index is -4.36. The molecule has 0 bridgehead atoms. The molecule has 34 heavy (non-hydrogen) atoms. The van der Waals surface area contributed by atoms with E-state index in [0.29, 0.717) is 25.1 Å². The number of piperidine rings is 1. The molecule has 2 atom stereocenters. The largest absolute Gasteiger partial charge is 0.416 e. The topological polar surface area (TPSA) is 29.5 Å². The van der Waals surface area contributed by atoms with Crippen molar-refractivity contribution in [1.29, 1.82) is 0 Å². The molecule has 1 heterocycles. The molecule has 0 aliphatic carbocycles. The Morgan fingerprint density at radius 1 is 0.941 bits per heavy atom. The van der Waals surface area contributed by atoms with Gasteiger partial charge in [0.25, 0.3) is 0 Å². The number of halogens is 3. The molecule has 178 valence electrons. The Bertz CT molecular complexity index is 1030. The maximum Gasteiger partial charge on any atom is 0.416 e. The highest BCUT2D eigenvalue weighted by Gasteiger charge is 2.38. The molecule has 0 radical (unpaired) electrons. The van der Waals surface area contributed by atoms with Crippen LogP contribution in [0.4, 0.5) is 13.2 Å². The molecule has 3 aromatic rings. The molecule has 0 saturated carbocycles. The van der Waals surface area contributed by atoms with Gasteiger partial charge in [-0.1, -0.05) is 72.8 Å². The summed E-state index contributed by atoms with van der Waals surface area (Å²) in [5.74, 6) is 0.0464. The second kappa shape index (κ2) is 10.4. The average molecular weight is 468 g/mol. The normalized spacial score (nSPS) is 18.8. The van der Waals surface area contributed by atoms with Crippen LogP contribution in [-0.4, -0.2) is 30.0 Å². The van der Waals surface area contributed by atoms with E-state index in [-0.39, 0.29) is 30.5 Å². The van der Waals surface area contributed by atoms with Crippen LogP contribution >= 0.6 is 0 Å². The Hall–Kier alpha value is -3.12. The lowest BCUT2D eigenvalue weighted by Crippen LogP contribution is -2.48. The number of carbonyl (C=O) groups is 1.